The summed E-state index contributed by atoms with van der Waals surface area (Å²) in [7, 11) is 0. The van der Waals surface area contributed by atoms with Gasteiger partial charge in [0.2, 0.25) is 6.20 Å². The third-order valence-electron chi connectivity index (χ3n) is 1.62. The number of benzene rings is 1. The summed E-state index contributed by atoms with van der Waals surface area (Å²) >= 11 is 0. The lowest BCUT2D eigenvalue weighted by Gasteiger charge is -2.09. The van der Waals surface area contributed by atoms with E-state index in [-0.39, 0.29) is 6.10 Å². The van der Waals surface area contributed by atoms with Crippen molar-refractivity contribution in [2.45, 2.75) is 20.0 Å². The highest BCUT2D eigenvalue weighted by molar-refractivity contribution is 5.50. The summed E-state index contributed by atoms with van der Waals surface area (Å²) in [6.07, 6.45) is 2.45. The number of hydrogen-bond acceptors (Lipinski definition) is 3. The van der Waals surface area contributed by atoms with E-state index in [1.165, 1.54) is 6.08 Å². The van der Waals surface area contributed by atoms with Crippen molar-refractivity contribution in [3.63, 3.8) is 0 Å². The molecule has 0 bridgehead atoms. The van der Waals surface area contributed by atoms with Crippen LogP contribution in [0.4, 0.5) is 0 Å². The maximum Gasteiger partial charge on any atom is 0.235 e. The third-order valence-corrected chi connectivity index (χ3v) is 1.62. The van der Waals surface area contributed by atoms with Crippen LogP contribution in [0.1, 0.15) is 19.4 Å². The molecule has 0 fully saturated rings. The molecule has 0 unspecified atom stereocenters. The first kappa shape index (κ1) is 11.2. The van der Waals surface area contributed by atoms with Gasteiger partial charge in [0.1, 0.15) is 5.75 Å². The Bertz CT molecular complexity index is 372. The van der Waals surface area contributed by atoms with Crippen LogP contribution in [0.3, 0.4) is 0 Å². The van der Waals surface area contributed by atoms with Crippen LogP contribution in [0, 0.1) is 10.1 Å². The Hall–Kier alpha value is -1.84. The summed E-state index contributed by atoms with van der Waals surface area (Å²) in [5, 5.41) is 10.1. The van der Waals surface area contributed by atoms with Crippen molar-refractivity contribution in [1.29, 1.82) is 0 Å². The van der Waals surface area contributed by atoms with Gasteiger partial charge in [-0.2, -0.15) is 0 Å². The van der Waals surface area contributed by atoms with Gasteiger partial charge in [0.15, 0.2) is 0 Å². The summed E-state index contributed by atoms with van der Waals surface area (Å²) in [4.78, 5) is 9.63. The summed E-state index contributed by atoms with van der Waals surface area (Å²) in [6.45, 7) is 3.86. The zero-order chi connectivity index (χ0) is 11.3. The number of nitro groups is 1. The highest BCUT2D eigenvalue weighted by Gasteiger charge is 1.98. The molecule has 0 aliphatic heterocycles. The molecule has 80 valence electrons. The molecule has 1 rings (SSSR count). The van der Waals surface area contributed by atoms with E-state index in [0.717, 1.165) is 17.5 Å². The number of nitrogens with zero attached hydrogens (tertiary/aromatic N) is 1. The highest BCUT2D eigenvalue weighted by atomic mass is 16.6. The van der Waals surface area contributed by atoms with Crippen LogP contribution in [0.5, 0.6) is 5.75 Å². The monoisotopic (exact) mass is 207 g/mol. The van der Waals surface area contributed by atoms with Crippen LogP contribution in [0.2, 0.25) is 0 Å². The van der Waals surface area contributed by atoms with E-state index in [1.54, 1.807) is 18.2 Å². The lowest BCUT2D eigenvalue weighted by Crippen LogP contribution is -2.05. The van der Waals surface area contributed by atoms with Gasteiger partial charge < -0.3 is 4.74 Å². The third kappa shape index (κ3) is 4.26. The van der Waals surface area contributed by atoms with Crippen molar-refractivity contribution in [3.05, 3.63) is 46.1 Å². The summed E-state index contributed by atoms with van der Waals surface area (Å²) in [5.41, 5.74) is 0.754. The molecule has 0 amide bonds. The van der Waals surface area contributed by atoms with Crippen LogP contribution in [0.25, 0.3) is 6.08 Å². The lowest BCUT2D eigenvalue weighted by atomic mass is 10.2. The second kappa shape index (κ2) is 5.14. The van der Waals surface area contributed by atoms with Crippen molar-refractivity contribution in [3.8, 4) is 5.75 Å². The molecule has 1 aromatic rings. The first-order valence-corrected chi connectivity index (χ1v) is 4.66. The van der Waals surface area contributed by atoms with Crippen LogP contribution in [0.15, 0.2) is 30.5 Å². The van der Waals surface area contributed by atoms with Crippen molar-refractivity contribution in [2.24, 2.45) is 0 Å². The Kier molecular flexibility index (Phi) is 3.85. The molecule has 15 heavy (non-hydrogen) atoms. The minimum absolute atomic E-state index is 0.0970. The van der Waals surface area contributed by atoms with Gasteiger partial charge in [-0.3, -0.25) is 10.1 Å². The van der Waals surface area contributed by atoms with Crippen LogP contribution < -0.4 is 4.74 Å². The van der Waals surface area contributed by atoms with E-state index in [1.807, 2.05) is 19.9 Å². The molecule has 0 atom stereocenters. The average molecular weight is 207 g/mol. The molecule has 0 aliphatic rings. The zero-order valence-electron chi connectivity index (χ0n) is 8.71. The average Bonchev–Trinajstić information content (AvgIpc) is 2.14. The Morgan fingerprint density at radius 1 is 1.47 bits per heavy atom. The van der Waals surface area contributed by atoms with E-state index in [0.29, 0.717) is 0 Å². The molecule has 0 heterocycles. The summed E-state index contributed by atoms with van der Waals surface area (Å²) < 4.78 is 5.46. The molecule has 0 radical (unpaired) electrons. The van der Waals surface area contributed by atoms with Crippen LogP contribution in [-0.2, 0) is 0 Å². The second-order valence-corrected chi connectivity index (χ2v) is 3.34. The first-order chi connectivity index (χ1) is 7.08. The molecule has 0 N–H and O–H groups in total. The van der Waals surface area contributed by atoms with Crippen molar-refractivity contribution in [1.82, 2.24) is 0 Å². The normalized spacial score (nSPS) is 10.9. The van der Waals surface area contributed by atoms with Crippen molar-refractivity contribution < 1.29 is 9.66 Å². The molecule has 1 aromatic carbocycles. The predicted molar refractivity (Wildman–Crippen MR) is 58.2 cm³/mol. The van der Waals surface area contributed by atoms with Gasteiger partial charge in [-0.25, -0.2) is 0 Å². The van der Waals surface area contributed by atoms with Crippen LogP contribution in [-0.4, -0.2) is 11.0 Å². The molecule has 0 saturated heterocycles. The fourth-order valence-corrected chi connectivity index (χ4v) is 1.11. The van der Waals surface area contributed by atoms with Gasteiger partial charge in [0, 0.05) is 6.08 Å². The number of hydrogen-bond donors (Lipinski definition) is 0. The van der Waals surface area contributed by atoms with Crippen molar-refractivity contribution >= 4 is 6.08 Å². The van der Waals surface area contributed by atoms with E-state index in [4.69, 9.17) is 4.74 Å². The molecule has 0 aliphatic carbocycles. The number of rotatable bonds is 4. The Morgan fingerprint density at radius 3 is 2.80 bits per heavy atom. The fraction of sp³-hybridized carbons (Fsp3) is 0.273. The van der Waals surface area contributed by atoms with Crippen LogP contribution >= 0.6 is 0 Å². The summed E-state index contributed by atoms with van der Waals surface area (Å²) in [6, 6.07) is 7.17. The smallest absolute Gasteiger partial charge is 0.235 e. The summed E-state index contributed by atoms with van der Waals surface area (Å²) in [5.74, 6) is 0.718. The Labute approximate surface area is 88.3 Å². The molecular formula is C11H13NO3. The largest absolute Gasteiger partial charge is 0.491 e. The lowest BCUT2D eigenvalue weighted by molar-refractivity contribution is -0.400. The standard InChI is InChI=1S/C11H13NO3/c1-9(2)15-11-5-3-4-10(8-11)6-7-12(13)14/h3-9H,1-2H3. The van der Waals surface area contributed by atoms with Gasteiger partial charge in [-0.1, -0.05) is 12.1 Å². The Balaban J connectivity index is 2.78. The molecular weight excluding hydrogens is 194 g/mol. The van der Waals surface area contributed by atoms with Gasteiger partial charge >= 0.3 is 0 Å². The van der Waals surface area contributed by atoms with E-state index < -0.39 is 4.92 Å². The molecule has 4 heteroatoms. The minimum atomic E-state index is -0.490. The molecule has 4 nitrogen and oxygen atoms in total. The van der Waals surface area contributed by atoms with E-state index in [2.05, 4.69) is 0 Å². The maximum absolute atomic E-state index is 10.1. The Morgan fingerprint density at radius 2 is 2.20 bits per heavy atom. The van der Waals surface area contributed by atoms with Gasteiger partial charge in [0.25, 0.3) is 0 Å². The quantitative estimate of drug-likeness (QED) is 0.563. The van der Waals surface area contributed by atoms with Gasteiger partial charge in [-0.15, -0.1) is 0 Å². The van der Waals surface area contributed by atoms with Gasteiger partial charge in [0.05, 0.1) is 11.0 Å². The second-order valence-electron chi connectivity index (χ2n) is 3.34. The first-order valence-electron chi connectivity index (χ1n) is 4.66. The predicted octanol–water partition coefficient (Wildman–Crippen LogP) is 2.72. The molecule has 0 aromatic heterocycles. The fourth-order valence-electron chi connectivity index (χ4n) is 1.11. The molecule has 0 saturated carbocycles. The highest BCUT2D eigenvalue weighted by Crippen LogP contribution is 2.15. The molecule has 0 spiro atoms. The topological polar surface area (TPSA) is 52.4 Å². The SMILES string of the molecule is CC(C)Oc1cccc(C=C[N+](=O)[O-])c1. The van der Waals surface area contributed by atoms with Gasteiger partial charge in [-0.05, 0) is 31.5 Å². The maximum atomic E-state index is 10.1. The number of ether oxygens (including phenoxy) is 1. The zero-order valence-corrected chi connectivity index (χ0v) is 8.71. The minimum Gasteiger partial charge on any atom is -0.491 e. The van der Waals surface area contributed by atoms with E-state index in [9.17, 15) is 10.1 Å². The van der Waals surface area contributed by atoms with Crippen molar-refractivity contribution in [2.75, 3.05) is 0 Å². The van der Waals surface area contributed by atoms with E-state index >= 15 is 0 Å².